The second kappa shape index (κ2) is 13.3. The molecule has 0 bridgehead atoms. The standard InChI is InChI=1S/C33H36F3N5O2/c1-24(42)41(21-25-9-5-7-13-30(25)33(34,35)36)22-27(19-26-20-37-31-14-8-6-12-29(26)31)38-32(43)23-39-15-17-40(18-16-39)28-10-3-2-4-11-28/h2-14,20,27,37H,15-19,21-23H2,1H3,(H,38,43). The van der Waals surface area contributed by atoms with Crippen LogP contribution in [0.4, 0.5) is 18.9 Å². The summed E-state index contributed by atoms with van der Waals surface area (Å²) in [4.78, 5) is 35.1. The molecule has 0 radical (unpaired) electrons. The molecule has 0 spiro atoms. The number of nitrogens with zero attached hydrogens (tertiary/aromatic N) is 3. The normalized spacial score (nSPS) is 14.9. The first-order chi connectivity index (χ1) is 20.7. The summed E-state index contributed by atoms with van der Waals surface area (Å²) in [5.74, 6) is -0.551. The maximum Gasteiger partial charge on any atom is 0.416 e. The number of rotatable bonds is 10. The summed E-state index contributed by atoms with van der Waals surface area (Å²) in [7, 11) is 0. The number of aromatic nitrogens is 1. The number of anilines is 1. The van der Waals surface area contributed by atoms with E-state index < -0.39 is 17.8 Å². The first-order valence-electron chi connectivity index (χ1n) is 14.4. The van der Waals surface area contributed by atoms with Crippen LogP contribution in [0.5, 0.6) is 0 Å². The summed E-state index contributed by atoms with van der Waals surface area (Å²) in [5, 5.41) is 4.10. The highest BCUT2D eigenvalue weighted by atomic mass is 19.4. The molecule has 1 aliphatic rings. The third-order valence-corrected chi connectivity index (χ3v) is 7.94. The zero-order valence-electron chi connectivity index (χ0n) is 24.1. The molecule has 2 N–H and O–H groups in total. The predicted octanol–water partition coefficient (Wildman–Crippen LogP) is 5.08. The van der Waals surface area contributed by atoms with E-state index >= 15 is 0 Å². The van der Waals surface area contributed by atoms with Gasteiger partial charge in [0.05, 0.1) is 18.2 Å². The van der Waals surface area contributed by atoms with Crippen LogP contribution >= 0.6 is 0 Å². The Morgan fingerprint density at radius 3 is 2.30 bits per heavy atom. The van der Waals surface area contributed by atoms with Crippen molar-refractivity contribution >= 4 is 28.4 Å². The molecular weight excluding hydrogens is 555 g/mol. The van der Waals surface area contributed by atoms with Crippen LogP contribution in [0.25, 0.3) is 10.9 Å². The fourth-order valence-corrected chi connectivity index (χ4v) is 5.72. The molecule has 1 unspecified atom stereocenters. The summed E-state index contributed by atoms with van der Waals surface area (Å²) in [6.45, 7) is 4.43. The van der Waals surface area contributed by atoms with Crippen molar-refractivity contribution in [3.05, 3.63) is 102 Å². The molecule has 0 aliphatic carbocycles. The van der Waals surface area contributed by atoms with Crippen molar-refractivity contribution in [2.24, 2.45) is 0 Å². The molecule has 1 aromatic heterocycles. The van der Waals surface area contributed by atoms with E-state index in [-0.39, 0.29) is 37.0 Å². The number of fused-ring (bicyclic) bond motifs is 1. The Hall–Kier alpha value is -4.31. The van der Waals surface area contributed by atoms with Gasteiger partial charge in [0.1, 0.15) is 0 Å². The molecule has 1 aliphatic heterocycles. The van der Waals surface area contributed by atoms with Gasteiger partial charge < -0.3 is 20.1 Å². The van der Waals surface area contributed by atoms with E-state index in [1.165, 1.54) is 30.0 Å². The molecule has 0 saturated carbocycles. The number of carbonyl (C=O) groups excluding carboxylic acids is 2. The third kappa shape index (κ3) is 7.75. The molecule has 2 amide bonds. The lowest BCUT2D eigenvalue weighted by Crippen LogP contribution is -2.52. The summed E-state index contributed by atoms with van der Waals surface area (Å²) in [6, 6.07) is 22.7. The second-order valence-electron chi connectivity index (χ2n) is 11.0. The van der Waals surface area contributed by atoms with Crippen LogP contribution in [0.1, 0.15) is 23.6 Å². The van der Waals surface area contributed by atoms with Crippen LogP contribution < -0.4 is 10.2 Å². The van der Waals surface area contributed by atoms with E-state index in [2.05, 4.69) is 32.2 Å². The van der Waals surface area contributed by atoms with E-state index in [0.717, 1.165) is 54.4 Å². The number of benzene rings is 3. The Kier molecular flexibility index (Phi) is 9.35. The lowest BCUT2D eigenvalue weighted by molar-refractivity contribution is -0.139. The molecule has 3 aromatic carbocycles. The molecule has 43 heavy (non-hydrogen) atoms. The highest BCUT2D eigenvalue weighted by Crippen LogP contribution is 2.32. The van der Waals surface area contributed by atoms with E-state index in [1.54, 1.807) is 0 Å². The first kappa shape index (κ1) is 30.2. The topological polar surface area (TPSA) is 71.7 Å². The number of nitrogens with one attached hydrogen (secondary N) is 2. The SMILES string of the molecule is CC(=O)N(Cc1ccccc1C(F)(F)F)CC(Cc1c[nH]c2ccccc12)NC(=O)CN1CCN(c2ccccc2)CC1. The lowest BCUT2D eigenvalue weighted by atomic mass is 10.0. The maximum atomic E-state index is 13.7. The highest BCUT2D eigenvalue weighted by molar-refractivity contribution is 5.83. The number of carbonyl (C=O) groups is 2. The zero-order chi connectivity index (χ0) is 30.4. The van der Waals surface area contributed by atoms with Gasteiger partial charge in [0.2, 0.25) is 11.8 Å². The highest BCUT2D eigenvalue weighted by Gasteiger charge is 2.34. The zero-order valence-corrected chi connectivity index (χ0v) is 24.1. The molecule has 2 heterocycles. The van der Waals surface area contributed by atoms with Crippen LogP contribution in [-0.2, 0) is 28.7 Å². The Labute approximate surface area is 249 Å². The Bertz CT molecular complexity index is 1530. The Morgan fingerprint density at radius 1 is 0.907 bits per heavy atom. The molecule has 1 atom stereocenters. The van der Waals surface area contributed by atoms with E-state index in [0.29, 0.717) is 6.42 Å². The number of hydrogen-bond donors (Lipinski definition) is 2. The molecule has 4 aromatic rings. The molecule has 10 heteroatoms. The summed E-state index contributed by atoms with van der Waals surface area (Å²) in [6.07, 6.45) is -2.26. The first-order valence-corrected chi connectivity index (χ1v) is 14.4. The Balaban J connectivity index is 1.30. The van der Waals surface area contributed by atoms with Gasteiger partial charge in [0, 0.05) is 69.0 Å². The second-order valence-corrected chi connectivity index (χ2v) is 11.0. The average molecular weight is 592 g/mol. The van der Waals surface area contributed by atoms with Gasteiger partial charge in [-0.15, -0.1) is 0 Å². The summed E-state index contributed by atoms with van der Waals surface area (Å²) < 4.78 is 41.1. The van der Waals surface area contributed by atoms with Crippen LogP contribution in [0.15, 0.2) is 85.1 Å². The number of amides is 2. The summed E-state index contributed by atoms with van der Waals surface area (Å²) in [5.41, 5.74) is 2.30. The average Bonchev–Trinajstić information content (AvgIpc) is 3.40. The van der Waals surface area contributed by atoms with Crippen molar-refractivity contribution in [3.63, 3.8) is 0 Å². The third-order valence-electron chi connectivity index (χ3n) is 7.94. The van der Waals surface area contributed by atoms with Crippen molar-refractivity contribution < 1.29 is 22.8 Å². The maximum absolute atomic E-state index is 13.7. The number of alkyl halides is 3. The molecule has 1 saturated heterocycles. The van der Waals surface area contributed by atoms with Gasteiger partial charge in [-0.2, -0.15) is 13.2 Å². The smallest absolute Gasteiger partial charge is 0.369 e. The van der Waals surface area contributed by atoms with Crippen LogP contribution in [0, 0.1) is 0 Å². The van der Waals surface area contributed by atoms with Crippen molar-refractivity contribution in [1.82, 2.24) is 20.1 Å². The van der Waals surface area contributed by atoms with Gasteiger partial charge in [-0.25, -0.2) is 0 Å². The van der Waals surface area contributed by atoms with Crippen LogP contribution in [-0.4, -0.2) is 71.9 Å². The van der Waals surface area contributed by atoms with Gasteiger partial charge in [0.15, 0.2) is 0 Å². The fourth-order valence-electron chi connectivity index (χ4n) is 5.72. The number of hydrogen-bond acceptors (Lipinski definition) is 4. The molecular formula is C33H36F3N5O2. The van der Waals surface area contributed by atoms with Crippen LogP contribution in [0.2, 0.25) is 0 Å². The monoisotopic (exact) mass is 591 g/mol. The van der Waals surface area contributed by atoms with Gasteiger partial charge in [-0.3, -0.25) is 14.5 Å². The van der Waals surface area contributed by atoms with Crippen molar-refractivity contribution in [1.29, 1.82) is 0 Å². The van der Waals surface area contributed by atoms with Crippen molar-refractivity contribution in [2.75, 3.05) is 44.2 Å². The molecule has 226 valence electrons. The van der Waals surface area contributed by atoms with Crippen LogP contribution in [0.3, 0.4) is 0 Å². The van der Waals surface area contributed by atoms with Gasteiger partial charge >= 0.3 is 6.18 Å². The minimum absolute atomic E-state index is 0.0126. The minimum Gasteiger partial charge on any atom is -0.369 e. The lowest BCUT2D eigenvalue weighted by Gasteiger charge is -2.36. The molecule has 1 fully saturated rings. The fraction of sp³-hybridized carbons (Fsp3) is 0.333. The number of halogens is 3. The van der Waals surface area contributed by atoms with Gasteiger partial charge in [-0.1, -0.05) is 54.6 Å². The number of piperazine rings is 1. The van der Waals surface area contributed by atoms with E-state index in [4.69, 9.17) is 0 Å². The van der Waals surface area contributed by atoms with Gasteiger partial charge in [0.25, 0.3) is 0 Å². The van der Waals surface area contributed by atoms with Crippen molar-refractivity contribution in [3.8, 4) is 0 Å². The van der Waals surface area contributed by atoms with Crippen molar-refractivity contribution in [2.45, 2.75) is 32.1 Å². The Morgan fingerprint density at radius 2 is 1.58 bits per heavy atom. The molecule has 5 rings (SSSR count). The predicted molar refractivity (Wildman–Crippen MR) is 162 cm³/mol. The van der Waals surface area contributed by atoms with Gasteiger partial charge in [-0.05, 0) is 41.8 Å². The largest absolute Gasteiger partial charge is 0.416 e. The summed E-state index contributed by atoms with van der Waals surface area (Å²) >= 11 is 0. The van der Waals surface area contributed by atoms with E-state index in [1.807, 2.05) is 48.7 Å². The molecule has 7 nitrogen and oxygen atoms in total. The number of aromatic amines is 1. The number of H-pyrrole nitrogens is 1. The minimum atomic E-state index is -4.54. The number of para-hydroxylation sites is 2. The quantitative estimate of drug-likeness (QED) is 0.270. The van der Waals surface area contributed by atoms with E-state index in [9.17, 15) is 22.8 Å².